The summed E-state index contributed by atoms with van der Waals surface area (Å²) in [4.78, 5) is 2.21. The molecule has 2 nitrogen and oxygen atoms in total. The normalized spacial score (nSPS) is 32.5. The average Bonchev–Trinajstić information content (AvgIpc) is 2.08. The number of terminal acetylenes is 1. The maximum absolute atomic E-state index is 9.58. The number of likely N-dealkylation sites (tertiary alicyclic amines) is 1. The van der Waals surface area contributed by atoms with Crippen LogP contribution in [-0.2, 0) is 0 Å². The van der Waals surface area contributed by atoms with E-state index in [-0.39, 0.29) is 12.1 Å². The summed E-state index contributed by atoms with van der Waals surface area (Å²) in [6.07, 6.45) is 7.28. The van der Waals surface area contributed by atoms with Gasteiger partial charge in [0, 0.05) is 6.04 Å². The molecule has 0 amide bonds. The van der Waals surface area contributed by atoms with Crippen molar-refractivity contribution in [2.75, 3.05) is 13.1 Å². The van der Waals surface area contributed by atoms with Crippen molar-refractivity contribution in [1.29, 1.82) is 0 Å². The molecular weight excluding hydrogens is 162 g/mol. The molecule has 1 fully saturated rings. The fraction of sp³-hybridized carbons (Fsp3) is 0.818. The Kier molecular flexibility index (Phi) is 3.77. The lowest BCUT2D eigenvalue weighted by molar-refractivity contribution is 0.0293. The van der Waals surface area contributed by atoms with Crippen molar-refractivity contribution in [3.63, 3.8) is 0 Å². The molecule has 0 aromatic carbocycles. The first-order valence-corrected chi connectivity index (χ1v) is 5.00. The first kappa shape index (κ1) is 10.6. The van der Waals surface area contributed by atoms with Crippen LogP contribution in [0, 0.1) is 18.3 Å². The molecule has 1 N–H and O–H groups in total. The van der Waals surface area contributed by atoms with E-state index in [1.54, 1.807) is 0 Å². The molecule has 1 saturated heterocycles. The van der Waals surface area contributed by atoms with Gasteiger partial charge in [-0.15, -0.1) is 6.42 Å². The molecule has 1 rings (SSSR count). The van der Waals surface area contributed by atoms with Crippen molar-refractivity contribution >= 4 is 0 Å². The quantitative estimate of drug-likeness (QED) is 0.645. The Morgan fingerprint density at radius 1 is 1.69 bits per heavy atom. The number of hydrogen-bond donors (Lipinski definition) is 1. The number of aliphatic hydroxyl groups excluding tert-OH is 1. The van der Waals surface area contributed by atoms with E-state index in [4.69, 9.17) is 6.42 Å². The Labute approximate surface area is 80.9 Å². The van der Waals surface area contributed by atoms with Gasteiger partial charge in [-0.2, -0.15) is 0 Å². The molecule has 0 aliphatic carbocycles. The molecular formula is C11H19NO. The topological polar surface area (TPSA) is 23.5 Å². The van der Waals surface area contributed by atoms with Crippen LogP contribution < -0.4 is 0 Å². The van der Waals surface area contributed by atoms with Gasteiger partial charge in [0.15, 0.2) is 0 Å². The van der Waals surface area contributed by atoms with E-state index in [0.29, 0.717) is 12.5 Å². The zero-order valence-corrected chi connectivity index (χ0v) is 8.53. The third-order valence-electron chi connectivity index (χ3n) is 2.87. The average molecular weight is 181 g/mol. The summed E-state index contributed by atoms with van der Waals surface area (Å²) in [5.41, 5.74) is 0. The van der Waals surface area contributed by atoms with Crippen LogP contribution in [0.1, 0.15) is 26.7 Å². The molecule has 1 heterocycles. The summed E-state index contributed by atoms with van der Waals surface area (Å²) in [6.45, 7) is 5.79. The van der Waals surface area contributed by atoms with Gasteiger partial charge in [0.25, 0.3) is 0 Å². The van der Waals surface area contributed by atoms with Crippen LogP contribution in [0.25, 0.3) is 0 Å². The number of aliphatic hydroxyl groups is 1. The van der Waals surface area contributed by atoms with Gasteiger partial charge in [0.2, 0.25) is 0 Å². The van der Waals surface area contributed by atoms with Crippen molar-refractivity contribution < 1.29 is 5.11 Å². The first-order chi connectivity index (χ1) is 6.15. The van der Waals surface area contributed by atoms with Crippen LogP contribution in [-0.4, -0.2) is 35.2 Å². The second-order valence-electron chi connectivity index (χ2n) is 4.11. The minimum absolute atomic E-state index is 0.264. The summed E-state index contributed by atoms with van der Waals surface area (Å²) in [6, 6.07) is 0.264. The maximum atomic E-state index is 9.58. The van der Waals surface area contributed by atoms with Gasteiger partial charge in [-0.05, 0) is 32.2 Å². The zero-order valence-electron chi connectivity index (χ0n) is 8.53. The lowest BCUT2D eigenvalue weighted by Crippen LogP contribution is -2.47. The second kappa shape index (κ2) is 4.64. The fourth-order valence-electron chi connectivity index (χ4n) is 2.05. The minimum Gasteiger partial charge on any atom is -0.392 e. The molecule has 2 heteroatoms. The number of piperidine rings is 1. The SMILES string of the molecule is C#CCN1CCC(C)CC1C(C)O. The largest absolute Gasteiger partial charge is 0.392 e. The van der Waals surface area contributed by atoms with E-state index >= 15 is 0 Å². The monoisotopic (exact) mass is 181 g/mol. The molecule has 74 valence electrons. The van der Waals surface area contributed by atoms with Gasteiger partial charge in [0.1, 0.15) is 0 Å². The highest BCUT2D eigenvalue weighted by molar-refractivity contribution is 4.93. The predicted octanol–water partition coefficient (Wildman–Crippen LogP) is 1.10. The Morgan fingerprint density at radius 2 is 2.38 bits per heavy atom. The van der Waals surface area contributed by atoms with Crippen LogP contribution in [0.4, 0.5) is 0 Å². The summed E-state index contributed by atoms with van der Waals surface area (Å²) < 4.78 is 0. The van der Waals surface area contributed by atoms with Gasteiger partial charge in [-0.1, -0.05) is 12.8 Å². The molecule has 0 saturated carbocycles. The van der Waals surface area contributed by atoms with Crippen molar-refractivity contribution in [3.8, 4) is 12.3 Å². The number of hydrogen-bond acceptors (Lipinski definition) is 2. The molecule has 13 heavy (non-hydrogen) atoms. The lowest BCUT2D eigenvalue weighted by atomic mass is 9.90. The van der Waals surface area contributed by atoms with Gasteiger partial charge in [0.05, 0.1) is 12.6 Å². The highest BCUT2D eigenvalue weighted by Gasteiger charge is 2.28. The Morgan fingerprint density at radius 3 is 2.92 bits per heavy atom. The number of nitrogens with zero attached hydrogens (tertiary/aromatic N) is 1. The van der Waals surface area contributed by atoms with Gasteiger partial charge in [-0.3, -0.25) is 4.90 Å². The lowest BCUT2D eigenvalue weighted by Gasteiger charge is -2.39. The van der Waals surface area contributed by atoms with Crippen LogP contribution in [0.15, 0.2) is 0 Å². The van der Waals surface area contributed by atoms with Crippen LogP contribution in [0.2, 0.25) is 0 Å². The fourth-order valence-corrected chi connectivity index (χ4v) is 2.05. The Balaban J connectivity index is 2.56. The molecule has 3 atom stereocenters. The van der Waals surface area contributed by atoms with E-state index < -0.39 is 0 Å². The summed E-state index contributed by atoms with van der Waals surface area (Å²) in [5, 5.41) is 9.58. The van der Waals surface area contributed by atoms with Crippen LogP contribution in [0.3, 0.4) is 0 Å². The van der Waals surface area contributed by atoms with Crippen LogP contribution in [0.5, 0.6) is 0 Å². The molecule has 0 spiro atoms. The predicted molar refractivity (Wildman–Crippen MR) is 54.3 cm³/mol. The molecule has 1 aliphatic heterocycles. The maximum Gasteiger partial charge on any atom is 0.0667 e. The first-order valence-electron chi connectivity index (χ1n) is 5.00. The van der Waals surface area contributed by atoms with E-state index in [1.807, 2.05) is 6.92 Å². The van der Waals surface area contributed by atoms with Gasteiger partial charge >= 0.3 is 0 Å². The minimum atomic E-state index is -0.268. The van der Waals surface area contributed by atoms with Crippen molar-refractivity contribution in [2.45, 2.75) is 38.8 Å². The van der Waals surface area contributed by atoms with E-state index in [2.05, 4.69) is 17.7 Å². The Hall–Kier alpha value is -0.520. The summed E-state index contributed by atoms with van der Waals surface area (Å²) in [5.74, 6) is 3.37. The highest BCUT2D eigenvalue weighted by atomic mass is 16.3. The molecule has 0 aromatic rings. The van der Waals surface area contributed by atoms with Crippen molar-refractivity contribution in [1.82, 2.24) is 4.90 Å². The summed E-state index contributed by atoms with van der Waals surface area (Å²) in [7, 11) is 0. The van der Waals surface area contributed by atoms with Gasteiger partial charge in [-0.25, -0.2) is 0 Å². The third kappa shape index (κ3) is 2.72. The molecule has 3 unspecified atom stereocenters. The second-order valence-corrected chi connectivity index (χ2v) is 4.11. The van der Waals surface area contributed by atoms with Crippen LogP contribution >= 0.6 is 0 Å². The molecule has 0 radical (unpaired) electrons. The molecule has 1 aliphatic rings. The molecule has 0 aromatic heterocycles. The standard InChI is InChI=1S/C11H19NO/c1-4-6-12-7-5-9(2)8-11(12)10(3)13/h1,9-11,13H,5-8H2,2-3H3. The highest BCUT2D eigenvalue weighted by Crippen LogP contribution is 2.23. The molecule has 0 bridgehead atoms. The van der Waals surface area contributed by atoms with E-state index in [1.165, 1.54) is 6.42 Å². The third-order valence-corrected chi connectivity index (χ3v) is 2.87. The summed E-state index contributed by atoms with van der Waals surface area (Å²) >= 11 is 0. The van der Waals surface area contributed by atoms with Gasteiger partial charge < -0.3 is 5.11 Å². The zero-order chi connectivity index (χ0) is 9.84. The number of rotatable bonds is 2. The smallest absolute Gasteiger partial charge is 0.0667 e. The van der Waals surface area contributed by atoms with Crippen molar-refractivity contribution in [2.24, 2.45) is 5.92 Å². The van der Waals surface area contributed by atoms with E-state index in [9.17, 15) is 5.11 Å². The van der Waals surface area contributed by atoms with E-state index in [0.717, 1.165) is 13.0 Å². The Bertz CT molecular complexity index is 195. The van der Waals surface area contributed by atoms with Crippen molar-refractivity contribution in [3.05, 3.63) is 0 Å².